The third-order valence-corrected chi connectivity index (χ3v) is 3.71. The quantitative estimate of drug-likeness (QED) is 0.899. The van der Waals surface area contributed by atoms with Crippen molar-refractivity contribution in [1.82, 2.24) is 14.9 Å². The van der Waals surface area contributed by atoms with Gasteiger partial charge in [-0.2, -0.15) is 0 Å². The molecule has 0 spiro atoms. The lowest BCUT2D eigenvalue weighted by molar-refractivity contribution is 0.409. The number of nitrogens with one attached hydrogen (secondary N) is 1. The largest absolute Gasteiger partial charge is 0.468 e. The van der Waals surface area contributed by atoms with Crippen LogP contribution in [0.3, 0.4) is 0 Å². The fourth-order valence-corrected chi connectivity index (χ4v) is 2.65. The van der Waals surface area contributed by atoms with Crippen molar-refractivity contribution in [3.05, 3.63) is 41.9 Å². The summed E-state index contributed by atoms with van der Waals surface area (Å²) in [5.41, 5.74) is 1.22. The summed E-state index contributed by atoms with van der Waals surface area (Å²) in [6, 6.07) is 2.00. The molecule has 0 fully saturated rings. The molecule has 0 radical (unpaired) electrons. The van der Waals surface area contributed by atoms with Crippen molar-refractivity contribution < 1.29 is 4.42 Å². The van der Waals surface area contributed by atoms with Gasteiger partial charge in [-0.05, 0) is 31.4 Å². The molecule has 3 heterocycles. The molecular formula is C14H19N3O. The summed E-state index contributed by atoms with van der Waals surface area (Å²) in [5.74, 6) is 2.79. The Kier molecular flexibility index (Phi) is 3.19. The van der Waals surface area contributed by atoms with E-state index < -0.39 is 0 Å². The van der Waals surface area contributed by atoms with E-state index in [1.807, 2.05) is 12.3 Å². The molecule has 1 atom stereocenters. The standard InChI is InChI=1S/C14H19N3O/c1-11-4-8-18-13(11)10-15-9-12-3-2-6-17-7-5-16-14(12)17/h4-5,7-8,12,15H,2-3,6,9-10H2,1H3/t12-/m1/s1. The van der Waals surface area contributed by atoms with Crippen LogP contribution in [0, 0.1) is 6.92 Å². The first-order valence-electron chi connectivity index (χ1n) is 6.59. The zero-order valence-corrected chi connectivity index (χ0v) is 10.7. The monoisotopic (exact) mass is 245 g/mol. The van der Waals surface area contributed by atoms with Gasteiger partial charge in [-0.3, -0.25) is 0 Å². The Labute approximate surface area is 107 Å². The Morgan fingerprint density at radius 1 is 1.56 bits per heavy atom. The van der Waals surface area contributed by atoms with Crippen molar-refractivity contribution in [2.45, 2.75) is 38.8 Å². The second-order valence-electron chi connectivity index (χ2n) is 4.98. The van der Waals surface area contributed by atoms with Crippen molar-refractivity contribution in [2.24, 2.45) is 0 Å². The highest BCUT2D eigenvalue weighted by molar-refractivity contribution is 5.14. The van der Waals surface area contributed by atoms with Crippen LogP contribution < -0.4 is 5.32 Å². The topological polar surface area (TPSA) is 43.0 Å². The predicted molar refractivity (Wildman–Crippen MR) is 69.4 cm³/mol. The molecule has 96 valence electrons. The molecule has 0 amide bonds. The minimum Gasteiger partial charge on any atom is -0.468 e. The first-order chi connectivity index (χ1) is 8.84. The Bertz CT molecular complexity index is 515. The number of fused-ring (bicyclic) bond motifs is 1. The average molecular weight is 245 g/mol. The van der Waals surface area contributed by atoms with Crippen LogP contribution in [0.4, 0.5) is 0 Å². The zero-order valence-electron chi connectivity index (χ0n) is 10.7. The van der Waals surface area contributed by atoms with Crippen LogP contribution >= 0.6 is 0 Å². The van der Waals surface area contributed by atoms with E-state index in [1.54, 1.807) is 6.26 Å². The lowest BCUT2D eigenvalue weighted by Crippen LogP contribution is -2.26. The van der Waals surface area contributed by atoms with Gasteiger partial charge in [-0.25, -0.2) is 4.98 Å². The molecule has 1 aliphatic heterocycles. The van der Waals surface area contributed by atoms with Gasteiger partial charge in [-0.15, -0.1) is 0 Å². The summed E-state index contributed by atoms with van der Waals surface area (Å²) in [7, 11) is 0. The first-order valence-corrected chi connectivity index (χ1v) is 6.59. The highest BCUT2D eigenvalue weighted by atomic mass is 16.3. The lowest BCUT2D eigenvalue weighted by atomic mass is 9.99. The van der Waals surface area contributed by atoms with E-state index >= 15 is 0 Å². The van der Waals surface area contributed by atoms with E-state index in [4.69, 9.17) is 4.42 Å². The summed E-state index contributed by atoms with van der Waals surface area (Å²) < 4.78 is 7.70. The van der Waals surface area contributed by atoms with Gasteiger partial charge >= 0.3 is 0 Å². The number of aryl methyl sites for hydroxylation is 2. The molecule has 2 aromatic heterocycles. The van der Waals surface area contributed by atoms with Gasteiger partial charge in [-0.1, -0.05) is 0 Å². The van der Waals surface area contributed by atoms with Crippen LogP contribution in [0.1, 0.15) is 35.9 Å². The van der Waals surface area contributed by atoms with Gasteiger partial charge in [0.1, 0.15) is 11.6 Å². The average Bonchev–Trinajstić information content (AvgIpc) is 2.99. The SMILES string of the molecule is Cc1ccoc1CNC[C@H]1CCCn2ccnc21. The van der Waals surface area contributed by atoms with Gasteiger partial charge in [0.05, 0.1) is 12.8 Å². The Hall–Kier alpha value is -1.55. The van der Waals surface area contributed by atoms with Crippen molar-refractivity contribution in [2.75, 3.05) is 6.54 Å². The smallest absolute Gasteiger partial charge is 0.120 e. The van der Waals surface area contributed by atoms with Crippen molar-refractivity contribution in [3.8, 4) is 0 Å². The van der Waals surface area contributed by atoms with Crippen molar-refractivity contribution >= 4 is 0 Å². The molecule has 0 saturated heterocycles. The number of rotatable bonds is 4. The number of hydrogen-bond acceptors (Lipinski definition) is 3. The maximum absolute atomic E-state index is 5.42. The number of furan rings is 1. The molecule has 0 aromatic carbocycles. The van der Waals surface area contributed by atoms with Crippen LogP contribution in [0.25, 0.3) is 0 Å². The third-order valence-electron chi connectivity index (χ3n) is 3.71. The first kappa shape index (κ1) is 11.5. The maximum atomic E-state index is 5.42. The summed E-state index contributed by atoms with van der Waals surface area (Å²) in [5, 5.41) is 3.48. The normalized spacial score (nSPS) is 18.8. The van der Waals surface area contributed by atoms with Crippen LogP contribution in [0.5, 0.6) is 0 Å². The number of nitrogens with zero attached hydrogens (tertiary/aromatic N) is 2. The number of hydrogen-bond donors (Lipinski definition) is 1. The van der Waals surface area contributed by atoms with Crippen molar-refractivity contribution in [3.63, 3.8) is 0 Å². The van der Waals surface area contributed by atoms with Crippen molar-refractivity contribution in [1.29, 1.82) is 0 Å². The number of aromatic nitrogens is 2. The van der Waals surface area contributed by atoms with Gasteiger partial charge in [0, 0.05) is 31.4 Å². The summed E-state index contributed by atoms with van der Waals surface area (Å²) in [4.78, 5) is 4.47. The second-order valence-corrected chi connectivity index (χ2v) is 4.98. The lowest BCUT2D eigenvalue weighted by Gasteiger charge is -2.23. The fraction of sp³-hybridized carbons (Fsp3) is 0.500. The number of imidazole rings is 1. The minimum absolute atomic E-state index is 0.531. The van der Waals surface area contributed by atoms with Gasteiger partial charge < -0.3 is 14.3 Å². The molecule has 0 bridgehead atoms. The molecule has 3 rings (SSSR count). The fourth-order valence-electron chi connectivity index (χ4n) is 2.65. The molecular weight excluding hydrogens is 226 g/mol. The Morgan fingerprint density at radius 2 is 2.50 bits per heavy atom. The molecule has 1 N–H and O–H groups in total. The summed E-state index contributed by atoms with van der Waals surface area (Å²) >= 11 is 0. The maximum Gasteiger partial charge on any atom is 0.120 e. The van der Waals surface area contributed by atoms with E-state index in [1.165, 1.54) is 24.2 Å². The minimum atomic E-state index is 0.531. The zero-order chi connectivity index (χ0) is 12.4. The summed E-state index contributed by atoms with van der Waals surface area (Å²) in [6.45, 7) is 4.96. The third kappa shape index (κ3) is 2.20. The van der Waals surface area contributed by atoms with E-state index in [0.717, 1.165) is 25.4 Å². The van der Waals surface area contributed by atoms with Crippen LogP contribution in [0.2, 0.25) is 0 Å². The molecule has 18 heavy (non-hydrogen) atoms. The Morgan fingerprint density at radius 3 is 3.33 bits per heavy atom. The molecule has 2 aromatic rings. The van der Waals surface area contributed by atoms with Gasteiger partial charge in [0.15, 0.2) is 0 Å². The molecule has 0 unspecified atom stereocenters. The van der Waals surface area contributed by atoms with Gasteiger partial charge in [0.25, 0.3) is 0 Å². The summed E-state index contributed by atoms with van der Waals surface area (Å²) in [6.07, 6.45) is 8.21. The van der Waals surface area contributed by atoms with E-state index in [2.05, 4.69) is 28.0 Å². The van der Waals surface area contributed by atoms with E-state index in [9.17, 15) is 0 Å². The Balaban J connectivity index is 1.57. The van der Waals surface area contributed by atoms with Crippen LogP contribution in [-0.2, 0) is 13.1 Å². The highest BCUT2D eigenvalue weighted by Crippen LogP contribution is 2.24. The highest BCUT2D eigenvalue weighted by Gasteiger charge is 2.20. The molecule has 0 saturated carbocycles. The molecule has 0 aliphatic carbocycles. The molecule has 4 nitrogen and oxygen atoms in total. The molecule has 1 aliphatic rings. The molecule has 4 heteroatoms. The van der Waals surface area contributed by atoms with E-state index in [0.29, 0.717) is 5.92 Å². The second kappa shape index (κ2) is 4.98. The van der Waals surface area contributed by atoms with Gasteiger partial charge in [0.2, 0.25) is 0 Å². The van der Waals surface area contributed by atoms with Crippen LogP contribution in [0.15, 0.2) is 29.1 Å². The van der Waals surface area contributed by atoms with Crippen LogP contribution in [-0.4, -0.2) is 16.1 Å². The van der Waals surface area contributed by atoms with E-state index in [-0.39, 0.29) is 0 Å². The predicted octanol–water partition coefficient (Wildman–Crippen LogP) is 2.45.